The van der Waals surface area contributed by atoms with Gasteiger partial charge in [-0.05, 0) is 54.6 Å². The first-order valence-electron chi connectivity index (χ1n) is 9.98. The maximum absolute atomic E-state index is 12.9. The summed E-state index contributed by atoms with van der Waals surface area (Å²) < 4.78 is 44.5. The predicted octanol–water partition coefficient (Wildman–Crippen LogP) is 4.87. The maximum atomic E-state index is 12.9. The van der Waals surface area contributed by atoms with Crippen LogP contribution in [0.3, 0.4) is 0 Å². The molecule has 0 radical (unpaired) electrons. The van der Waals surface area contributed by atoms with Crippen LogP contribution in [-0.4, -0.2) is 29.8 Å². The van der Waals surface area contributed by atoms with E-state index in [1.807, 2.05) is 0 Å². The van der Waals surface area contributed by atoms with E-state index in [2.05, 4.69) is 20.9 Å². The Morgan fingerprint density at radius 3 is 2.23 bits per heavy atom. The van der Waals surface area contributed by atoms with Gasteiger partial charge in [-0.25, -0.2) is 4.98 Å². The molecule has 0 unspecified atom stereocenters. The van der Waals surface area contributed by atoms with Crippen LogP contribution >= 0.6 is 11.6 Å². The van der Waals surface area contributed by atoms with Crippen molar-refractivity contribution in [2.75, 3.05) is 17.7 Å². The SMILES string of the molecule is CNC(=O)c1ncccc1Oc1ccc(NC(=O)CC(=O)Nc2ccc(Cl)c(C(F)(F)F)c2)cc1. The number of benzene rings is 2. The lowest BCUT2D eigenvalue weighted by Gasteiger charge is -2.12. The number of carbonyl (C=O) groups is 3. The van der Waals surface area contributed by atoms with Crippen molar-refractivity contribution >= 4 is 40.7 Å². The zero-order chi connectivity index (χ0) is 25.6. The van der Waals surface area contributed by atoms with Gasteiger partial charge in [0.25, 0.3) is 5.91 Å². The normalized spacial score (nSPS) is 10.9. The second kappa shape index (κ2) is 10.9. The molecule has 3 amide bonds. The Morgan fingerprint density at radius 2 is 1.60 bits per heavy atom. The van der Waals surface area contributed by atoms with Crippen LogP contribution in [0.5, 0.6) is 11.5 Å². The number of anilines is 2. The van der Waals surface area contributed by atoms with Crippen molar-refractivity contribution in [1.82, 2.24) is 10.3 Å². The van der Waals surface area contributed by atoms with Gasteiger partial charge in [0, 0.05) is 24.6 Å². The fourth-order valence-corrected chi connectivity index (χ4v) is 3.10. The Balaban J connectivity index is 1.58. The number of alkyl halides is 3. The third kappa shape index (κ3) is 6.93. The van der Waals surface area contributed by atoms with Crippen LogP contribution in [-0.2, 0) is 15.8 Å². The minimum absolute atomic E-state index is 0.0985. The zero-order valence-electron chi connectivity index (χ0n) is 18.1. The molecular weight excluding hydrogens is 489 g/mol. The smallest absolute Gasteiger partial charge is 0.417 e. The third-order valence-corrected chi connectivity index (χ3v) is 4.78. The van der Waals surface area contributed by atoms with Crippen molar-refractivity contribution in [3.05, 3.63) is 77.1 Å². The molecule has 0 aliphatic rings. The lowest BCUT2D eigenvalue weighted by molar-refractivity contribution is -0.137. The molecular formula is C23H18ClF3N4O4. The first-order chi connectivity index (χ1) is 16.6. The van der Waals surface area contributed by atoms with Gasteiger partial charge in [-0.3, -0.25) is 14.4 Å². The van der Waals surface area contributed by atoms with Gasteiger partial charge >= 0.3 is 6.18 Å². The van der Waals surface area contributed by atoms with Crippen molar-refractivity contribution in [2.24, 2.45) is 0 Å². The lowest BCUT2D eigenvalue weighted by Crippen LogP contribution is -2.21. The number of rotatable bonds is 7. The summed E-state index contributed by atoms with van der Waals surface area (Å²) in [6.45, 7) is 0. The highest BCUT2D eigenvalue weighted by atomic mass is 35.5. The number of nitrogens with zero attached hydrogens (tertiary/aromatic N) is 1. The number of aromatic nitrogens is 1. The average Bonchev–Trinajstić information content (AvgIpc) is 2.80. The van der Waals surface area contributed by atoms with E-state index in [9.17, 15) is 27.6 Å². The molecule has 0 saturated heterocycles. The van der Waals surface area contributed by atoms with Crippen molar-refractivity contribution in [2.45, 2.75) is 12.6 Å². The topological polar surface area (TPSA) is 109 Å². The van der Waals surface area contributed by atoms with Crippen LogP contribution in [0.1, 0.15) is 22.5 Å². The highest BCUT2D eigenvalue weighted by Crippen LogP contribution is 2.36. The zero-order valence-corrected chi connectivity index (χ0v) is 18.8. The lowest BCUT2D eigenvalue weighted by atomic mass is 10.2. The summed E-state index contributed by atoms with van der Waals surface area (Å²) in [5.74, 6) is -1.32. The van der Waals surface area contributed by atoms with Crippen molar-refractivity contribution in [3.63, 3.8) is 0 Å². The summed E-state index contributed by atoms with van der Waals surface area (Å²) in [6.07, 6.45) is -3.87. The van der Waals surface area contributed by atoms with Crippen molar-refractivity contribution < 1.29 is 32.3 Å². The predicted molar refractivity (Wildman–Crippen MR) is 122 cm³/mol. The third-order valence-electron chi connectivity index (χ3n) is 4.46. The maximum Gasteiger partial charge on any atom is 0.417 e. The summed E-state index contributed by atoms with van der Waals surface area (Å²) in [6, 6.07) is 12.2. The first kappa shape index (κ1) is 25.5. The molecule has 182 valence electrons. The Labute approximate surface area is 202 Å². The van der Waals surface area contributed by atoms with Crippen LogP contribution in [0.25, 0.3) is 0 Å². The van der Waals surface area contributed by atoms with Gasteiger partial charge in [0.2, 0.25) is 11.8 Å². The van der Waals surface area contributed by atoms with E-state index < -0.39 is 40.9 Å². The van der Waals surface area contributed by atoms with Crippen LogP contribution in [0.2, 0.25) is 5.02 Å². The second-order valence-electron chi connectivity index (χ2n) is 7.02. The van der Waals surface area contributed by atoms with Crippen molar-refractivity contribution in [3.8, 4) is 11.5 Å². The number of ether oxygens (including phenoxy) is 1. The molecule has 12 heteroatoms. The van der Waals surface area contributed by atoms with E-state index in [0.717, 1.165) is 6.07 Å². The fourth-order valence-electron chi connectivity index (χ4n) is 2.87. The van der Waals surface area contributed by atoms with E-state index in [1.54, 1.807) is 12.1 Å². The largest absolute Gasteiger partial charge is 0.455 e. The molecule has 0 fully saturated rings. The van der Waals surface area contributed by atoms with Gasteiger partial charge in [-0.15, -0.1) is 0 Å². The molecule has 3 N–H and O–H groups in total. The molecule has 3 aromatic rings. The summed E-state index contributed by atoms with van der Waals surface area (Å²) in [5, 5.41) is 6.69. The summed E-state index contributed by atoms with van der Waals surface area (Å²) in [4.78, 5) is 40.1. The van der Waals surface area contributed by atoms with Crippen LogP contribution in [0.15, 0.2) is 60.8 Å². The number of hydrogen-bond donors (Lipinski definition) is 3. The molecule has 0 aliphatic carbocycles. The molecule has 0 atom stereocenters. The summed E-state index contributed by atoms with van der Waals surface area (Å²) >= 11 is 5.55. The molecule has 0 spiro atoms. The Hall–Kier alpha value is -4.12. The van der Waals surface area contributed by atoms with E-state index >= 15 is 0 Å². The molecule has 1 aromatic heterocycles. The molecule has 2 aromatic carbocycles. The highest BCUT2D eigenvalue weighted by molar-refractivity contribution is 6.31. The molecule has 8 nitrogen and oxygen atoms in total. The van der Waals surface area contributed by atoms with E-state index in [1.165, 1.54) is 43.6 Å². The van der Waals surface area contributed by atoms with Crippen LogP contribution in [0.4, 0.5) is 24.5 Å². The number of nitrogens with one attached hydrogen (secondary N) is 3. The number of hydrogen-bond acceptors (Lipinski definition) is 5. The van der Waals surface area contributed by atoms with Gasteiger partial charge in [0.05, 0.1) is 10.6 Å². The minimum atomic E-state index is -4.69. The van der Waals surface area contributed by atoms with Crippen molar-refractivity contribution in [1.29, 1.82) is 0 Å². The van der Waals surface area contributed by atoms with Gasteiger partial charge < -0.3 is 20.7 Å². The van der Waals surface area contributed by atoms with Crippen LogP contribution < -0.4 is 20.7 Å². The fraction of sp³-hybridized carbons (Fsp3) is 0.130. The number of halogens is 4. The Bertz CT molecular complexity index is 1250. The van der Waals surface area contributed by atoms with Gasteiger partial charge in [-0.1, -0.05) is 11.6 Å². The van der Waals surface area contributed by atoms with Gasteiger partial charge in [-0.2, -0.15) is 13.2 Å². The Morgan fingerprint density at radius 1 is 0.971 bits per heavy atom. The average molecular weight is 507 g/mol. The molecule has 1 heterocycles. The quantitative estimate of drug-likeness (QED) is 0.396. The minimum Gasteiger partial charge on any atom is -0.455 e. The van der Waals surface area contributed by atoms with E-state index in [0.29, 0.717) is 17.5 Å². The number of pyridine rings is 1. The summed E-state index contributed by atoms with van der Waals surface area (Å²) in [5.41, 5.74) is -0.801. The molecule has 35 heavy (non-hydrogen) atoms. The number of amides is 3. The summed E-state index contributed by atoms with van der Waals surface area (Å²) in [7, 11) is 1.47. The molecule has 0 aliphatic heterocycles. The molecule has 3 rings (SSSR count). The van der Waals surface area contributed by atoms with E-state index in [-0.39, 0.29) is 17.1 Å². The van der Waals surface area contributed by atoms with Gasteiger partial charge in [0.1, 0.15) is 12.2 Å². The monoisotopic (exact) mass is 506 g/mol. The molecule has 0 bridgehead atoms. The first-order valence-corrected chi connectivity index (χ1v) is 10.4. The number of carbonyl (C=O) groups excluding carboxylic acids is 3. The highest BCUT2D eigenvalue weighted by Gasteiger charge is 2.33. The van der Waals surface area contributed by atoms with Crippen LogP contribution in [0, 0.1) is 0 Å². The standard InChI is InChI=1S/C23H18ClF3N4O4/c1-28-22(34)21-18(3-2-10-29-21)35-15-7-4-13(5-8-15)30-19(32)12-20(33)31-14-6-9-17(24)16(11-14)23(25,26)27/h2-11H,12H2,1H3,(H,28,34)(H,30,32)(H,31,33). The van der Waals surface area contributed by atoms with Gasteiger partial charge in [0.15, 0.2) is 11.4 Å². The van der Waals surface area contributed by atoms with E-state index in [4.69, 9.17) is 16.3 Å². The second-order valence-corrected chi connectivity index (χ2v) is 7.43. The molecule has 0 saturated carbocycles. The Kier molecular flexibility index (Phi) is 7.92.